The average Bonchev–Trinajstić information content (AvgIpc) is 2.40. The van der Waals surface area contributed by atoms with Gasteiger partial charge in [-0.25, -0.2) is 0 Å². The van der Waals surface area contributed by atoms with Gasteiger partial charge in [0.2, 0.25) is 5.91 Å². The van der Waals surface area contributed by atoms with Crippen LogP contribution < -0.4 is 5.32 Å². The van der Waals surface area contributed by atoms with Crippen molar-refractivity contribution in [1.82, 2.24) is 10.2 Å². The molecule has 1 heterocycles. The van der Waals surface area contributed by atoms with Crippen molar-refractivity contribution in [2.75, 3.05) is 26.2 Å². The number of hydrogen-bond acceptors (Lipinski definition) is 3. The third-order valence-corrected chi connectivity index (χ3v) is 4.24. The van der Waals surface area contributed by atoms with Crippen molar-refractivity contribution in [3.8, 4) is 0 Å². The van der Waals surface area contributed by atoms with E-state index in [0.29, 0.717) is 12.5 Å². The van der Waals surface area contributed by atoms with Crippen LogP contribution in [0.15, 0.2) is 0 Å². The van der Waals surface area contributed by atoms with E-state index in [2.05, 4.69) is 10.2 Å². The number of carbonyl (C=O) groups excluding carboxylic acids is 1. The van der Waals surface area contributed by atoms with Gasteiger partial charge in [-0.2, -0.15) is 0 Å². The quantitative estimate of drug-likeness (QED) is 0.791. The molecule has 0 unspecified atom stereocenters. The normalized spacial score (nSPS) is 24.1. The molecule has 1 saturated carbocycles. The number of nitrogens with one attached hydrogen (secondary N) is 1. The highest BCUT2D eigenvalue weighted by Crippen LogP contribution is 2.22. The van der Waals surface area contributed by atoms with Crippen LogP contribution in [0, 0.1) is 5.92 Å². The van der Waals surface area contributed by atoms with E-state index in [1.165, 1.54) is 32.1 Å². The molecule has 18 heavy (non-hydrogen) atoms. The van der Waals surface area contributed by atoms with Gasteiger partial charge in [-0.15, -0.1) is 0 Å². The number of hydrogen-bond donors (Lipinski definition) is 2. The van der Waals surface area contributed by atoms with Gasteiger partial charge in [-0.3, -0.25) is 9.69 Å². The summed E-state index contributed by atoms with van der Waals surface area (Å²) in [7, 11) is 0. The van der Waals surface area contributed by atoms with Crippen molar-refractivity contribution in [1.29, 1.82) is 0 Å². The van der Waals surface area contributed by atoms with E-state index in [4.69, 9.17) is 0 Å². The maximum Gasteiger partial charge on any atom is 0.234 e. The summed E-state index contributed by atoms with van der Waals surface area (Å²) in [5.41, 5.74) is 0. The Bertz CT molecular complexity index is 257. The molecule has 4 heteroatoms. The highest BCUT2D eigenvalue weighted by atomic mass is 16.3. The fraction of sp³-hybridized carbons (Fsp3) is 0.929. The highest BCUT2D eigenvalue weighted by Gasteiger charge is 2.19. The molecule has 4 nitrogen and oxygen atoms in total. The van der Waals surface area contributed by atoms with E-state index in [9.17, 15) is 9.90 Å². The summed E-state index contributed by atoms with van der Waals surface area (Å²) in [5.74, 6) is 0.850. The molecule has 2 fully saturated rings. The summed E-state index contributed by atoms with van der Waals surface area (Å²) >= 11 is 0. The van der Waals surface area contributed by atoms with Crippen LogP contribution >= 0.6 is 0 Å². The van der Waals surface area contributed by atoms with E-state index >= 15 is 0 Å². The van der Waals surface area contributed by atoms with E-state index < -0.39 is 0 Å². The smallest absolute Gasteiger partial charge is 0.234 e. The molecular formula is C14H26N2O2. The third kappa shape index (κ3) is 4.58. The van der Waals surface area contributed by atoms with E-state index in [1.807, 2.05) is 0 Å². The standard InChI is InChI=1S/C14H26N2O2/c17-13-6-8-16(9-7-13)11-14(18)15-10-12-4-2-1-3-5-12/h12-13,17H,1-11H2,(H,15,18). The summed E-state index contributed by atoms with van der Waals surface area (Å²) in [4.78, 5) is 14.0. The van der Waals surface area contributed by atoms with Crippen LogP contribution in [-0.4, -0.2) is 48.2 Å². The Labute approximate surface area is 110 Å². The van der Waals surface area contributed by atoms with Gasteiger partial charge in [0.1, 0.15) is 0 Å². The number of carbonyl (C=O) groups is 1. The number of aliphatic hydroxyl groups is 1. The molecule has 1 saturated heterocycles. The second-order valence-electron chi connectivity index (χ2n) is 5.82. The lowest BCUT2D eigenvalue weighted by Gasteiger charge is -2.29. The Morgan fingerprint density at radius 1 is 1.11 bits per heavy atom. The van der Waals surface area contributed by atoms with Crippen LogP contribution in [-0.2, 0) is 4.79 Å². The Morgan fingerprint density at radius 2 is 1.78 bits per heavy atom. The average molecular weight is 254 g/mol. The Balaban J connectivity index is 1.59. The van der Waals surface area contributed by atoms with E-state index in [1.54, 1.807) is 0 Å². The van der Waals surface area contributed by atoms with Crippen LogP contribution in [0.4, 0.5) is 0 Å². The van der Waals surface area contributed by atoms with Gasteiger partial charge in [0.25, 0.3) is 0 Å². The lowest BCUT2D eigenvalue weighted by Crippen LogP contribution is -2.43. The van der Waals surface area contributed by atoms with Crippen molar-refractivity contribution in [2.45, 2.75) is 51.0 Å². The zero-order valence-corrected chi connectivity index (χ0v) is 11.2. The summed E-state index contributed by atoms with van der Waals surface area (Å²) in [5, 5.41) is 12.5. The van der Waals surface area contributed by atoms with Gasteiger partial charge in [0, 0.05) is 19.6 Å². The minimum absolute atomic E-state index is 0.150. The number of rotatable bonds is 4. The molecule has 0 aromatic carbocycles. The van der Waals surface area contributed by atoms with Crippen LogP contribution in [0.25, 0.3) is 0 Å². The minimum Gasteiger partial charge on any atom is -0.393 e. The summed E-state index contributed by atoms with van der Waals surface area (Å²) in [6, 6.07) is 0. The molecule has 2 N–H and O–H groups in total. The van der Waals surface area contributed by atoms with Crippen LogP contribution in [0.3, 0.4) is 0 Å². The van der Waals surface area contributed by atoms with Crippen molar-refractivity contribution in [3.63, 3.8) is 0 Å². The van der Waals surface area contributed by atoms with Crippen molar-refractivity contribution in [3.05, 3.63) is 0 Å². The molecule has 0 atom stereocenters. The topological polar surface area (TPSA) is 52.6 Å². The monoisotopic (exact) mass is 254 g/mol. The summed E-state index contributed by atoms with van der Waals surface area (Å²) in [6.45, 7) is 3.05. The van der Waals surface area contributed by atoms with Gasteiger partial charge in [-0.05, 0) is 31.6 Å². The molecule has 2 rings (SSSR count). The highest BCUT2D eigenvalue weighted by molar-refractivity contribution is 5.78. The number of piperidine rings is 1. The number of aliphatic hydroxyl groups excluding tert-OH is 1. The SMILES string of the molecule is O=C(CN1CCC(O)CC1)NCC1CCCCC1. The fourth-order valence-corrected chi connectivity index (χ4v) is 2.99. The van der Waals surface area contributed by atoms with Crippen LogP contribution in [0.5, 0.6) is 0 Å². The fourth-order valence-electron chi connectivity index (χ4n) is 2.99. The van der Waals surface area contributed by atoms with Crippen LogP contribution in [0.2, 0.25) is 0 Å². The summed E-state index contributed by atoms with van der Waals surface area (Å²) < 4.78 is 0. The maximum atomic E-state index is 11.8. The minimum atomic E-state index is -0.161. The second-order valence-corrected chi connectivity index (χ2v) is 5.82. The Morgan fingerprint density at radius 3 is 2.44 bits per heavy atom. The molecular weight excluding hydrogens is 228 g/mol. The van der Waals surface area contributed by atoms with Crippen LogP contribution in [0.1, 0.15) is 44.9 Å². The lowest BCUT2D eigenvalue weighted by molar-refractivity contribution is -0.123. The number of nitrogens with zero attached hydrogens (tertiary/aromatic N) is 1. The Hall–Kier alpha value is -0.610. The second kappa shape index (κ2) is 7.10. The van der Waals surface area contributed by atoms with Gasteiger partial charge in [-0.1, -0.05) is 19.3 Å². The first-order chi connectivity index (χ1) is 8.74. The molecule has 0 aromatic rings. The molecule has 0 radical (unpaired) electrons. The molecule has 104 valence electrons. The van der Waals surface area contributed by atoms with Gasteiger partial charge in [0.15, 0.2) is 0 Å². The van der Waals surface area contributed by atoms with E-state index in [0.717, 1.165) is 32.5 Å². The Kier molecular flexibility index (Phi) is 5.45. The van der Waals surface area contributed by atoms with Crippen molar-refractivity contribution >= 4 is 5.91 Å². The summed E-state index contributed by atoms with van der Waals surface area (Å²) in [6.07, 6.45) is 8.00. The zero-order chi connectivity index (χ0) is 12.8. The van der Waals surface area contributed by atoms with Crippen molar-refractivity contribution in [2.24, 2.45) is 5.92 Å². The molecule has 0 bridgehead atoms. The number of likely N-dealkylation sites (tertiary alicyclic amines) is 1. The first kappa shape index (κ1) is 13.8. The van der Waals surface area contributed by atoms with Gasteiger partial charge in [0.05, 0.1) is 12.6 Å². The number of amides is 1. The predicted octanol–water partition coefficient (Wildman–Crippen LogP) is 1.14. The lowest BCUT2D eigenvalue weighted by atomic mass is 9.89. The van der Waals surface area contributed by atoms with Gasteiger partial charge >= 0.3 is 0 Å². The zero-order valence-electron chi connectivity index (χ0n) is 11.2. The molecule has 2 aliphatic rings. The first-order valence-electron chi connectivity index (χ1n) is 7.41. The van der Waals surface area contributed by atoms with E-state index in [-0.39, 0.29) is 12.0 Å². The third-order valence-electron chi connectivity index (χ3n) is 4.24. The maximum absolute atomic E-state index is 11.8. The predicted molar refractivity (Wildman–Crippen MR) is 71.3 cm³/mol. The largest absolute Gasteiger partial charge is 0.393 e. The molecule has 0 spiro atoms. The molecule has 1 amide bonds. The molecule has 1 aliphatic heterocycles. The molecule has 1 aliphatic carbocycles. The van der Waals surface area contributed by atoms with Crippen molar-refractivity contribution < 1.29 is 9.90 Å². The first-order valence-corrected chi connectivity index (χ1v) is 7.41. The molecule has 0 aromatic heterocycles. The van der Waals surface area contributed by atoms with Gasteiger partial charge < -0.3 is 10.4 Å².